The Bertz CT molecular complexity index is 904. The second-order valence-electron chi connectivity index (χ2n) is 5.64. The molecule has 5 nitrogen and oxygen atoms in total. The summed E-state index contributed by atoms with van der Waals surface area (Å²) in [5.74, 6) is -13.1. The van der Waals surface area contributed by atoms with E-state index >= 15 is 0 Å². The number of aryl methyl sites for hydroxylation is 1. The zero-order chi connectivity index (χ0) is 21.0. The summed E-state index contributed by atoms with van der Waals surface area (Å²) in [6.45, 7) is 2.03. The third kappa shape index (κ3) is 4.56. The normalized spacial score (nSPS) is 10.5. The third-order valence-electron chi connectivity index (χ3n) is 3.74. The summed E-state index contributed by atoms with van der Waals surface area (Å²) < 4.78 is 75.8. The number of hydrogen-bond acceptors (Lipinski definition) is 4. The maximum absolute atomic E-state index is 13.5. The largest absolute Gasteiger partial charge is 0.482 e. The highest BCUT2D eigenvalue weighted by atomic mass is 19.2. The number of nitrogens with one attached hydrogen (secondary N) is 1. The van der Waals surface area contributed by atoms with Gasteiger partial charge >= 0.3 is 5.97 Å². The molecule has 2 rings (SSSR count). The van der Waals surface area contributed by atoms with Crippen LogP contribution in [0.1, 0.15) is 11.1 Å². The third-order valence-corrected chi connectivity index (χ3v) is 3.74. The first-order chi connectivity index (χ1) is 13.1. The van der Waals surface area contributed by atoms with Crippen LogP contribution in [0.25, 0.3) is 0 Å². The number of esters is 1. The SMILES string of the molecule is Cc1cccc(OCC(=O)OCC(=O)Nc2c(F)c(F)c(F)c(F)c2F)c1C. The van der Waals surface area contributed by atoms with Crippen molar-refractivity contribution in [1.82, 2.24) is 0 Å². The summed E-state index contributed by atoms with van der Waals surface area (Å²) in [7, 11) is 0. The number of carbonyl (C=O) groups is 2. The van der Waals surface area contributed by atoms with Gasteiger partial charge in [0, 0.05) is 0 Å². The zero-order valence-corrected chi connectivity index (χ0v) is 14.7. The molecule has 0 aromatic heterocycles. The van der Waals surface area contributed by atoms with E-state index in [0.29, 0.717) is 5.75 Å². The van der Waals surface area contributed by atoms with E-state index in [9.17, 15) is 31.5 Å². The molecule has 1 amide bonds. The maximum atomic E-state index is 13.5. The van der Waals surface area contributed by atoms with Crippen molar-refractivity contribution in [2.24, 2.45) is 0 Å². The van der Waals surface area contributed by atoms with E-state index < -0.39 is 59.9 Å². The Morgan fingerprint density at radius 3 is 2.07 bits per heavy atom. The minimum atomic E-state index is -2.36. The van der Waals surface area contributed by atoms with Gasteiger partial charge < -0.3 is 14.8 Å². The topological polar surface area (TPSA) is 64.6 Å². The molecule has 28 heavy (non-hydrogen) atoms. The van der Waals surface area contributed by atoms with E-state index in [4.69, 9.17) is 4.74 Å². The molecule has 0 bridgehead atoms. The van der Waals surface area contributed by atoms with E-state index in [1.165, 1.54) is 5.32 Å². The summed E-state index contributed by atoms with van der Waals surface area (Å²) in [5.41, 5.74) is 0.177. The lowest BCUT2D eigenvalue weighted by Crippen LogP contribution is -2.25. The Labute approximate surface area is 156 Å². The Balaban J connectivity index is 1.92. The summed E-state index contributed by atoms with van der Waals surface area (Å²) >= 11 is 0. The maximum Gasteiger partial charge on any atom is 0.344 e. The second kappa shape index (κ2) is 8.68. The van der Waals surface area contributed by atoms with Gasteiger partial charge in [-0.1, -0.05) is 12.1 Å². The zero-order valence-electron chi connectivity index (χ0n) is 14.7. The minimum absolute atomic E-state index is 0.419. The molecule has 10 heteroatoms. The number of hydrogen-bond donors (Lipinski definition) is 1. The fourth-order valence-corrected chi connectivity index (χ4v) is 2.10. The van der Waals surface area contributed by atoms with Crippen LogP contribution in [0.2, 0.25) is 0 Å². The molecule has 0 aliphatic carbocycles. The second-order valence-corrected chi connectivity index (χ2v) is 5.64. The van der Waals surface area contributed by atoms with Crippen LogP contribution >= 0.6 is 0 Å². The van der Waals surface area contributed by atoms with Crippen LogP contribution in [0.5, 0.6) is 5.75 Å². The molecule has 0 fully saturated rings. The average Bonchev–Trinajstić information content (AvgIpc) is 2.67. The molecular weight excluding hydrogens is 389 g/mol. The standard InChI is InChI=1S/C18H14F5NO4/c1-8-4-3-5-10(9(8)2)27-7-12(26)28-6-11(25)24-18-16(22)14(20)13(19)15(21)17(18)23/h3-5H,6-7H2,1-2H3,(H,24,25). The number of anilines is 1. The van der Waals surface area contributed by atoms with Crippen molar-refractivity contribution in [2.75, 3.05) is 18.5 Å². The van der Waals surface area contributed by atoms with Gasteiger partial charge in [0.15, 0.2) is 36.5 Å². The van der Waals surface area contributed by atoms with Crippen molar-refractivity contribution < 1.29 is 41.0 Å². The Morgan fingerprint density at radius 2 is 1.46 bits per heavy atom. The Kier molecular flexibility index (Phi) is 6.55. The molecule has 0 aliphatic rings. The minimum Gasteiger partial charge on any atom is -0.482 e. The molecule has 0 atom stereocenters. The molecule has 0 radical (unpaired) electrons. The average molecular weight is 403 g/mol. The van der Waals surface area contributed by atoms with Gasteiger partial charge in [-0.05, 0) is 31.0 Å². The molecule has 2 aromatic rings. The van der Waals surface area contributed by atoms with Gasteiger partial charge in [0.05, 0.1) is 0 Å². The highest BCUT2D eigenvalue weighted by Crippen LogP contribution is 2.27. The quantitative estimate of drug-likeness (QED) is 0.347. The van der Waals surface area contributed by atoms with Crippen molar-refractivity contribution in [2.45, 2.75) is 13.8 Å². The van der Waals surface area contributed by atoms with Crippen LogP contribution in [0.3, 0.4) is 0 Å². The first-order valence-corrected chi connectivity index (χ1v) is 7.79. The lowest BCUT2D eigenvalue weighted by atomic mass is 10.1. The Morgan fingerprint density at radius 1 is 0.893 bits per heavy atom. The number of ether oxygens (including phenoxy) is 2. The summed E-state index contributed by atoms with van der Waals surface area (Å²) in [4.78, 5) is 23.2. The number of amides is 1. The molecule has 0 heterocycles. The van der Waals surface area contributed by atoms with Crippen LogP contribution < -0.4 is 10.1 Å². The molecule has 0 saturated carbocycles. The van der Waals surface area contributed by atoms with Crippen molar-refractivity contribution >= 4 is 17.6 Å². The van der Waals surface area contributed by atoms with Crippen LogP contribution in [0.15, 0.2) is 18.2 Å². The molecule has 0 unspecified atom stereocenters. The van der Waals surface area contributed by atoms with Crippen molar-refractivity contribution in [3.05, 3.63) is 58.4 Å². The first kappa shape index (κ1) is 21.1. The van der Waals surface area contributed by atoms with E-state index in [1.54, 1.807) is 19.1 Å². The van der Waals surface area contributed by atoms with Gasteiger partial charge in [0.25, 0.3) is 5.91 Å². The summed E-state index contributed by atoms with van der Waals surface area (Å²) in [6, 6.07) is 5.16. The summed E-state index contributed by atoms with van der Waals surface area (Å²) in [6.07, 6.45) is 0. The lowest BCUT2D eigenvalue weighted by Gasteiger charge is -2.11. The van der Waals surface area contributed by atoms with E-state index in [2.05, 4.69) is 4.74 Å². The molecule has 1 N–H and O–H groups in total. The smallest absolute Gasteiger partial charge is 0.344 e. The van der Waals surface area contributed by atoms with Crippen molar-refractivity contribution in [3.8, 4) is 5.75 Å². The monoisotopic (exact) mass is 403 g/mol. The highest BCUT2D eigenvalue weighted by Gasteiger charge is 2.27. The predicted octanol–water partition coefficient (Wildman–Crippen LogP) is 3.56. The van der Waals surface area contributed by atoms with E-state index in [1.807, 2.05) is 13.0 Å². The van der Waals surface area contributed by atoms with Gasteiger partial charge in [-0.15, -0.1) is 0 Å². The van der Waals surface area contributed by atoms with E-state index in [-0.39, 0.29) is 0 Å². The van der Waals surface area contributed by atoms with Crippen LogP contribution in [-0.4, -0.2) is 25.1 Å². The molecule has 150 valence electrons. The van der Waals surface area contributed by atoms with Crippen molar-refractivity contribution in [1.29, 1.82) is 0 Å². The van der Waals surface area contributed by atoms with E-state index in [0.717, 1.165) is 11.1 Å². The first-order valence-electron chi connectivity index (χ1n) is 7.79. The lowest BCUT2D eigenvalue weighted by molar-refractivity contribution is -0.149. The number of rotatable bonds is 6. The fraction of sp³-hybridized carbons (Fsp3) is 0.222. The number of halogens is 5. The van der Waals surface area contributed by atoms with Crippen LogP contribution in [-0.2, 0) is 14.3 Å². The predicted molar refractivity (Wildman–Crippen MR) is 87.2 cm³/mol. The van der Waals surface area contributed by atoms with Crippen LogP contribution in [0.4, 0.5) is 27.6 Å². The van der Waals surface area contributed by atoms with Gasteiger partial charge in [-0.25, -0.2) is 26.7 Å². The van der Waals surface area contributed by atoms with Gasteiger partial charge in [-0.2, -0.15) is 0 Å². The van der Waals surface area contributed by atoms with Gasteiger partial charge in [-0.3, -0.25) is 4.79 Å². The van der Waals surface area contributed by atoms with Crippen LogP contribution in [0, 0.1) is 42.9 Å². The molecular formula is C18H14F5NO4. The van der Waals surface area contributed by atoms with Gasteiger partial charge in [0.2, 0.25) is 5.82 Å². The highest BCUT2D eigenvalue weighted by molar-refractivity contribution is 5.93. The molecule has 2 aromatic carbocycles. The summed E-state index contributed by atoms with van der Waals surface area (Å²) in [5, 5.41) is 1.48. The fourth-order valence-electron chi connectivity index (χ4n) is 2.10. The van der Waals surface area contributed by atoms with Gasteiger partial charge in [0.1, 0.15) is 11.4 Å². The number of benzene rings is 2. The molecule has 0 spiro atoms. The molecule has 0 saturated heterocycles. The van der Waals surface area contributed by atoms with Crippen molar-refractivity contribution in [3.63, 3.8) is 0 Å². The molecule has 0 aliphatic heterocycles. The Hall–Kier alpha value is -3.17. The number of carbonyl (C=O) groups excluding carboxylic acids is 2.